The molecule has 86 valence electrons. The van der Waals surface area contributed by atoms with Crippen molar-refractivity contribution in [1.82, 2.24) is 5.32 Å². The van der Waals surface area contributed by atoms with Gasteiger partial charge >= 0.3 is 0 Å². The Morgan fingerprint density at radius 1 is 1.31 bits per heavy atom. The molecule has 1 spiro atoms. The number of hydrogen-bond acceptors (Lipinski definition) is 2. The first-order valence-electron chi connectivity index (χ1n) is 6.22. The summed E-state index contributed by atoms with van der Waals surface area (Å²) in [4.78, 5) is 0. The maximum absolute atomic E-state index is 5.35. The molecule has 2 heteroatoms. The molecule has 1 fully saturated rings. The highest BCUT2D eigenvalue weighted by atomic mass is 16.5. The van der Waals surface area contributed by atoms with Crippen LogP contribution in [0.5, 0.6) is 5.75 Å². The van der Waals surface area contributed by atoms with Crippen LogP contribution < -0.4 is 10.1 Å². The summed E-state index contributed by atoms with van der Waals surface area (Å²) in [5.74, 6) is 1.01. The van der Waals surface area contributed by atoms with Crippen LogP contribution in [-0.2, 0) is 11.8 Å². The van der Waals surface area contributed by atoms with Gasteiger partial charge in [0.05, 0.1) is 7.11 Å². The van der Waals surface area contributed by atoms with Crippen LogP contribution in [0.1, 0.15) is 30.4 Å². The predicted octanol–water partition coefficient (Wildman–Crippen LogP) is 2.26. The van der Waals surface area contributed by atoms with E-state index < -0.39 is 0 Å². The highest BCUT2D eigenvalue weighted by molar-refractivity contribution is 5.45. The van der Waals surface area contributed by atoms with Gasteiger partial charge in [0.15, 0.2) is 0 Å². The average molecular weight is 217 g/mol. The number of piperidine rings is 1. The monoisotopic (exact) mass is 217 g/mol. The van der Waals surface area contributed by atoms with E-state index in [0.717, 1.165) is 12.3 Å². The molecule has 2 nitrogen and oxygen atoms in total. The zero-order valence-corrected chi connectivity index (χ0v) is 9.88. The number of aryl methyl sites for hydroxylation is 1. The van der Waals surface area contributed by atoms with Crippen molar-refractivity contribution in [3.63, 3.8) is 0 Å². The van der Waals surface area contributed by atoms with Crippen LogP contribution in [0.2, 0.25) is 0 Å². The van der Waals surface area contributed by atoms with Gasteiger partial charge < -0.3 is 10.1 Å². The number of benzene rings is 1. The van der Waals surface area contributed by atoms with Crippen LogP contribution >= 0.6 is 0 Å². The molecule has 0 amide bonds. The van der Waals surface area contributed by atoms with Gasteiger partial charge in [0, 0.05) is 12.0 Å². The summed E-state index contributed by atoms with van der Waals surface area (Å²) < 4.78 is 5.35. The standard InChI is InChI=1S/C14H19NO/c1-16-12-4-3-11-5-7-14(13(11)9-12)6-2-8-15-10-14/h3-4,9,15H,2,5-8,10H2,1H3. The first kappa shape index (κ1) is 10.2. The van der Waals surface area contributed by atoms with E-state index in [-0.39, 0.29) is 0 Å². The second-order valence-corrected chi connectivity index (χ2v) is 5.08. The Labute approximate surface area is 97.0 Å². The number of fused-ring (bicyclic) bond motifs is 2. The molecule has 1 aromatic carbocycles. The van der Waals surface area contributed by atoms with Crippen molar-refractivity contribution in [2.24, 2.45) is 0 Å². The Kier molecular flexibility index (Phi) is 2.40. The number of hydrogen-bond donors (Lipinski definition) is 1. The van der Waals surface area contributed by atoms with Crippen molar-refractivity contribution in [1.29, 1.82) is 0 Å². The van der Waals surface area contributed by atoms with Gasteiger partial charge in [-0.05, 0) is 55.5 Å². The van der Waals surface area contributed by atoms with Crippen molar-refractivity contribution >= 4 is 0 Å². The summed E-state index contributed by atoms with van der Waals surface area (Å²) in [6, 6.07) is 6.60. The third-order valence-electron chi connectivity index (χ3n) is 4.23. The van der Waals surface area contributed by atoms with Crippen LogP contribution in [0.25, 0.3) is 0 Å². The summed E-state index contributed by atoms with van der Waals surface area (Å²) >= 11 is 0. The molecule has 1 aliphatic heterocycles. The summed E-state index contributed by atoms with van der Waals surface area (Å²) in [6.07, 6.45) is 5.18. The highest BCUT2D eigenvalue weighted by Crippen LogP contribution is 2.44. The Hall–Kier alpha value is -1.02. The molecular formula is C14H19NO. The van der Waals surface area contributed by atoms with Gasteiger partial charge in [-0.25, -0.2) is 0 Å². The van der Waals surface area contributed by atoms with Gasteiger partial charge in [0.1, 0.15) is 5.75 Å². The van der Waals surface area contributed by atoms with Crippen molar-refractivity contribution in [3.05, 3.63) is 29.3 Å². The van der Waals surface area contributed by atoms with Crippen LogP contribution in [-0.4, -0.2) is 20.2 Å². The lowest BCUT2D eigenvalue weighted by Gasteiger charge is -2.35. The van der Waals surface area contributed by atoms with E-state index >= 15 is 0 Å². The third-order valence-corrected chi connectivity index (χ3v) is 4.23. The molecule has 1 heterocycles. The largest absolute Gasteiger partial charge is 0.497 e. The van der Waals surface area contributed by atoms with Gasteiger partial charge in [0.25, 0.3) is 0 Å². The second kappa shape index (κ2) is 3.77. The number of nitrogens with one attached hydrogen (secondary N) is 1. The quantitative estimate of drug-likeness (QED) is 0.779. The van der Waals surface area contributed by atoms with Gasteiger partial charge in [-0.2, -0.15) is 0 Å². The van der Waals surface area contributed by atoms with Crippen molar-refractivity contribution in [3.8, 4) is 5.75 Å². The third kappa shape index (κ3) is 1.44. The Morgan fingerprint density at radius 3 is 3.00 bits per heavy atom. The summed E-state index contributed by atoms with van der Waals surface area (Å²) in [5.41, 5.74) is 3.48. The van der Waals surface area contributed by atoms with E-state index in [1.165, 1.54) is 37.8 Å². The van der Waals surface area contributed by atoms with Gasteiger partial charge in [-0.1, -0.05) is 6.07 Å². The first-order chi connectivity index (χ1) is 7.84. The fourth-order valence-corrected chi connectivity index (χ4v) is 3.31. The molecule has 0 radical (unpaired) electrons. The topological polar surface area (TPSA) is 21.3 Å². The maximum atomic E-state index is 5.35. The van der Waals surface area contributed by atoms with E-state index in [0.29, 0.717) is 5.41 Å². The van der Waals surface area contributed by atoms with E-state index in [9.17, 15) is 0 Å². The summed E-state index contributed by atoms with van der Waals surface area (Å²) in [7, 11) is 1.75. The number of ether oxygens (including phenoxy) is 1. The van der Waals surface area contributed by atoms with Gasteiger partial charge in [-0.3, -0.25) is 0 Å². The molecule has 0 aromatic heterocycles. The first-order valence-corrected chi connectivity index (χ1v) is 6.22. The molecule has 0 bridgehead atoms. The Bertz CT molecular complexity index is 388. The molecule has 1 saturated heterocycles. The molecule has 3 rings (SSSR count). The molecule has 16 heavy (non-hydrogen) atoms. The smallest absolute Gasteiger partial charge is 0.119 e. The van der Waals surface area contributed by atoms with Crippen LogP contribution in [0.4, 0.5) is 0 Å². The average Bonchev–Trinajstić information content (AvgIpc) is 2.69. The zero-order chi connectivity index (χ0) is 11.0. The fraction of sp³-hybridized carbons (Fsp3) is 0.571. The Balaban J connectivity index is 2.02. The van der Waals surface area contributed by atoms with E-state index in [4.69, 9.17) is 4.74 Å². The normalized spacial score (nSPS) is 28.1. The molecule has 1 unspecified atom stereocenters. The van der Waals surface area contributed by atoms with Crippen molar-refractivity contribution in [2.45, 2.75) is 31.1 Å². The predicted molar refractivity (Wildman–Crippen MR) is 65.1 cm³/mol. The van der Waals surface area contributed by atoms with Gasteiger partial charge in [-0.15, -0.1) is 0 Å². The minimum Gasteiger partial charge on any atom is -0.497 e. The Morgan fingerprint density at radius 2 is 2.25 bits per heavy atom. The van der Waals surface area contributed by atoms with E-state index in [2.05, 4.69) is 23.5 Å². The molecule has 1 N–H and O–H groups in total. The molecule has 2 aliphatic rings. The SMILES string of the molecule is COc1ccc2c(c1)C1(CCCNC1)CC2. The van der Waals surface area contributed by atoms with Crippen molar-refractivity contribution in [2.75, 3.05) is 20.2 Å². The van der Waals surface area contributed by atoms with Crippen molar-refractivity contribution < 1.29 is 4.74 Å². The van der Waals surface area contributed by atoms with Crippen LogP contribution in [0.3, 0.4) is 0 Å². The van der Waals surface area contributed by atoms with Gasteiger partial charge in [0.2, 0.25) is 0 Å². The minimum atomic E-state index is 0.405. The lowest BCUT2D eigenvalue weighted by atomic mass is 9.76. The molecular weight excluding hydrogens is 198 g/mol. The molecule has 1 aromatic rings. The maximum Gasteiger partial charge on any atom is 0.119 e. The lowest BCUT2D eigenvalue weighted by Crippen LogP contribution is -2.41. The summed E-state index contributed by atoms with van der Waals surface area (Å²) in [5, 5.41) is 3.56. The number of methoxy groups -OCH3 is 1. The zero-order valence-electron chi connectivity index (χ0n) is 9.88. The second-order valence-electron chi connectivity index (χ2n) is 5.08. The van der Waals surface area contributed by atoms with E-state index in [1.807, 2.05) is 0 Å². The molecule has 1 atom stereocenters. The minimum absolute atomic E-state index is 0.405. The van der Waals surface area contributed by atoms with Crippen LogP contribution in [0.15, 0.2) is 18.2 Å². The van der Waals surface area contributed by atoms with Crippen LogP contribution in [0, 0.1) is 0 Å². The fourth-order valence-electron chi connectivity index (χ4n) is 3.31. The lowest BCUT2D eigenvalue weighted by molar-refractivity contribution is 0.310. The number of rotatable bonds is 1. The molecule has 1 aliphatic carbocycles. The molecule has 0 saturated carbocycles. The summed E-state index contributed by atoms with van der Waals surface area (Å²) in [6.45, 7) is 2.33. The highest BCUT2D eigenvalue weighted by Gasteiger charge is 2.39. The van der Waals surface area contributed by atoms with E-state index in [1.54, 1.807) is 12.7 Å².